The van der Waals surface area contributed by atoms with Crippen LogP contribution in [0.15, 0.2) is 36.5 Å². The van der Waals surface area contributed by atoms with Crippen LogP contribution in [0.25, 0.3) is 0 Å². The normalized spacial score (nSPS) is 9.71. The summed E-state index contributed by atoms with van der Waals surface area (Å²) in [6.45, 7) is 2.03. The lowest BCUT2D eigenvalue weighted by Crippen LogP contribution is -2.05. The molecule has 0 fully saturated rings. The number of carbonyl (C=O) groups excluding carboxylic acids is 1. The number of rotatable bonds is 4. The lowest BCUT2D eigenvalue weighted by Gasteiger charge is -2.07. The smallest absolute Gasteiger partial charge is 0.339 e. The summed E-state index contributed by atoms with van der Waals surface area (Å²) in [5, 5.41) is 9.03. The van der Waals surface area contributed by atoms with E-state index in [9.17, 15) is 4.79 Å². The van der Waals surface area contributed by atoms with Gasteiger partial charge in [-0.1, -0.05) is 0 Å². The molecule has 6 nitrogen and oxygen atoms in total. The molecule has 0 aliphatic heterocycles. The number of anilines is 1. The van der Waals surface area contributed by atoms with Crippen LogP contribution < -0.4 is 10.5 Å². The van der Waals surface area contributed by atoms with Crippen molar-refractivity contribution in [2.75, 3.05) is 12.3 Å². The van der Waals surface area contributed by atoms with Crippen molar-refractivity contribution in [2.24, 2.45) is 0 Å². The van der Waals surface area contributed by atoms with E-state index < -0.39 is 5.97 Å². The lowest BCUT2D eigenvalue weighted by atomic mass is 10.2. The summed E-state index contributed by atoms with van der Waals surface area (Å²) in [5.41, 5.74) is 6.73. The van der Waals surface area contributed by atoms with Gasteiger partial charge in [-0.3, -0.25) is 0 Å². The number of esters is 1. The number of hydrogen-bond acceptors (Lipinski definition) is 6. The van der Waals surface area contributed by atoms with Crippen molar-refractivity contribution in [3.63, 3.8) is 0 Å². The molecule has 1 aromatic carbocycles. The Kier molecular flexibility index (Phi) is 4.36. The number of pyridine rings is 1. The third kappa shape index (κ3) is 3.48. The summed E-state index contributed by atoms with van der Waals surface area (Å²) in [4.78, 5) is 15.5. The first-order chi connectivity index (χ1) is 10.1. The van der Waals surface area contributed by atoms with Gasteiger partial charge in [-0.2, -0.15) is 5.26 Å². The second-order valence-electron chi connectivity index (χ2n) is 4.08. The van der Waals surface area contributed by atoms with E-state index in [0.29, 0.717) is 29.2 Å². The van der Waals surface area contributed by atoms with Crippen LogP contribution in [0.5, 0.6) is 11.6 Å². The molecule has 0 atom stereocenters. The van der Waals surface area contributed by atoms with E-state index in [2.05, 4.69) is 4.98 Å². The molecule has 0 bridgehead atoms. The van der Waals surface area contributed by atoms with Crippen LogP contribution in [-0.2, 0) is 4.74 Å². The Morgan fingerprint density at radius 1 is 1.38 bits per heavy atom. The molecule has 0 amide bonds. The first-order valence-corrected chi connectivity index (χ1v) is 6.24. The minimum atomic E-state index is -0.443. The van der Waals surface area contributed by atoms with E-state index in [0.717, 1.165) is 0 Å². The molecule has 21 heavy (non-hydrogen) atoms. The van der Waals surface area contributed by atoms with Crippen LogP contribution >= 0.6 is 0 Å². The van der Waals surface area contributed by atoms with Gasteiger partial charge in [0, 0.05) is 18.0 Å². The number of aromatic nitrogens is 1. The summed E-state index contributed by atoms with van der Waals surface area (Å²) in [6.07, 6.45) is 1.36. The second kappa shape index (κ2) is 6.39. The molecule has 6 heteroatoms. The third-order valence-corrected chi connectivity index (χ3v) is 2.59. The summed E-state index contributed by atoms with van der Waals surface area (Å²) in [6, 6.07) is 9.81. The number of hydrogen-bond donors (Lipinski definition) is 1. The molecule has 2 rings (SSSR count). The van der Waals surface area contributed by atoms with Crippen LogP contribution in [-0.4, -0.2) is 17.6 Å². The van der Waals surface area contributed by atoms with Gasteiger partial charge in [0.15, 0.2) is 0 Å². The Morgan fingerprint density at radius 2 is 2.19 bits per heavy atom. The number of carbonyl (C=O) groups is 1. The molecular formula is C15H13N3O3. The minimum Gasteiger partial charge on any atom is -0.462 e. The number of nitrogen functional groups attached to an aromatic ring is 1. The van der Waals surface area contributed by atoms with Gasteiger partial charge in [-0.15, -0.1) is 0 Å². The molecule has 0 saturated carbocycles. The van der Waals surface area contributed by atoms with Crippen LogP contribution in [0.2, 0.25) is 0 Å². The van der Waals surface area contributed by atoms with Gasteiger partial charge in [0.1, 0.15) is 11.8 Å². The molecule has 0 saturated heterocycles. The van der Waals surface area contributed by atoms with Crippen molar-refractivity contribution in [3.8, 4) is 17.7 Å². The van der Waals surface area contributed by atoms with Crippen molar-refractivity contribution in [2.45, 2.75) is 6.92 Å². The van der Waals surface area contributed by atoms with Gasteiger partial charge in [-0.25, -0.2) is 9.78 Å². The molecule has 1 heterocycles. The Balaban J connectivity index is 2.18. The molecule has 106 valence electrons. The van der Waals surface area contributed by atoms with E-state index in [1.54, 1.807) is 25.1 Å². The minimum absolute atomic E-state index is 0.268. The number of benzene rings is 1. The maximum absolute atomic E-state index is 11.5. The van der Waals surface area contributed by atoms with Crippen LogP contribution in [0, 0.1) is 11.3 Å². The van der Waals surface area contributed by atoms with Gasteiger partial charge >= 0.3 is 5.97 Å². The zero-order chi connectivity index (χ0) is 15.2. The topological polar surface area (TPSA) is 98.2 Å². The molecule has 1 aromatic heterocycles. The molecule has 2 N–H and O–H groups in total. The van der Waals surface area contributed by atoms with Crippen molar-refractivity contribution >= 4 is 11.7 Å². The van der Waals surface area contributed by atoms with Crippen LogP contribution in [0.4, 0.5) is 5.69 Å². The molecule has 0 spiro atoms. The van der Waals surface area contributed by atoms with E-state index in [-0.39, 0.29) is 5.88 Å². The maximum atomic E-state index is 11.5. The Hall–Kier alpha value is -3.07. The second-order valence-corrected chi connectivity index (χ2v) is 4.08. The summed E-state index contributed by atoms with van der Waals surface area (Å²) >= 11 is 0. The lowest BCUT2D eigenvalue weighted by molar-refractivity contribution is 0.0526. The summed E-state index contributed by atoms with van der Waals surface area (Å²) in [5.74, 6) is 0.175. The molecule has 0 aliphatic carbocycles. The molecular weight excluding hydrogens is 270 g/mol. The van der Waals surface area contributed by atoms with Gasteiger partial charge in [-0.05, 0) is 31.2 Å². The van der Waals surface area contributed by atoms with E-state index in [1.165, 1.54) is 18.3 Å². The SMILES string of the molecule is CCOC(=O)c1ccc(Oc2ccc(N)cc2C#N)nc1. The highest BCUT2D eigenvalue weighted by molar-refractivity contribution is 5.89. The zero-order valence-corrected chi connectivity index (χ0v) is 11.4. The van der Waals surface area contributed by atoms with Gasteiger partial charge in [0.2, 0.25) is 5.88 Å². The predicted octanol–water partition coefficient (Wildman–Crippen LogP) is 2.50. The first kappa shape index (κ1) is 14.3. The number of ether oxygens (including phenoxy) is 2. The monoisotopic (exact) mass is 283 g/mol. The number of nitrogens with two attached hydrogens (primary N) is 1. The quantitative estimate of drug-likeness (QED) is 0.683. The summed E-state index contributed by atoms with van der Waals surface area (Å²) in [7, 11) is 0. The highest BCUT2D eigenvalue weighted by Crippen LogP contribution is 2.25. The van der Waals surface area contributed by atoms with Gasteiger partial charge < -0.3 is 15.2 Å². The molecule has 2 aromatic rings. The van der Waals surface area contributed by atoms with Gasteiger partial charge in [0.05, 0.1) is 17.7 Å². The first-order valence-electron chi connectivity index (χ1n) is 6.24. The zero-order valence-electron chi connectivity index (χ0n) is 11.4. The standard InChI is InChI=1S/C15H13N3O3/c1-2-20-15(19)10-3-6-14(18-9-10)21-13-5-4-12(17)7-11(13)8-16/h3-7,9H,2,17H2,1H3. The average molecular weight is 283 g/mol. The van der Waals surface area contributed by atoms with Crippen LogP contribution in [0.3, 0.4) is 0 Å². The Labute approximate surface area is 121 Å². The maximum Gasteiger partial charge on any atom is 0.339 e. The molecule has 0 aliphatic rings. The largest absolute Gasteiger partial charge is 0.462 e. The molecule has 0 unspecified atom stereocenters. The average Bonchev–Trinajstić information content (AvgIpc) is 2.50. The van der Waals surface area contributed by atoms with E-state index >= 15 is 0 Å². The van der Waals surface area contributed by atoms with Crippen molar-refractivity contribution in [1.82, 2.24) is 4.98 Å². The number of nitrogens with zero attached hydrogens (tertiary/aromatic N) is 2. The van der Waals surface area contributed by atoms with Crippen LogP contribution in [0.1, 0.15) is 22.8 Å². The number of nitriles is 1. The highest BCUT2D eigenvalue weighted by atomic mass is 16.5. The Bertz CT molecular complexity index is 690. The van der Waals surface area contributed by atoms with Gasteiger partial charge in [0.25, 0.3) is 0 Å². The van der Waals surface area contributed by atoms with Crippen molar-refractivity contribution in [3.05, 3.63) is 47.7 Å². The highest BCUT2D eigenvalue weighted by Gasteiger charge is 2.09. The fraction of sp³-hybridized carbons (Fsp3) is 0.133. The Morgan fingerprint density at radius 3 is 2.81 bits per heavy atom. The fourth-order valence-corrected chi connectivity index (χ4v) is 1.61. The van der Waals surface area contributed by atoms with E-state index in [1.807, 2.05) is 6.07 Å². The van der Waals surface area contributed by atoms with Crippen molar-refractivity contribution in [1.29, 1.82) is 5.26 Å². The van der Waals surface area contributed by atoms with E-state index in [4.69, 9.17) is 20.5 Å². The van der Waals surface area contributed by atoms with Crippen molar-refractivity contribution < 1.29 is 14.3 Å². The summed E-state index contributed by atoms with van der Waals surface area (Å²) < 4.78 is 10.4. The third-order valence-electron chi connectivity index (χ3n) is 2.59. The fourth-order valence-electron chi connectivity index (χ4n) is 1.61. The predicted molar refractivity (Wildman–Crippen MR) is 75.8 cm³/mol. The molecule has 0 radical (unpaired) electrons.